The molecule has 1 atom stereocenters. The lowest BCUT2D eigenvalue weighted by atomic mass is 9.94. The predicted molar refractivity (Wildman–Crippen MR) is 166 cm³/mol. The first kappa shape index (κ1) is 31.4. The Hall–Kier alpha value is -3.49. The van der Waals surface area contributed by atoms with E-state index in [0.29, 0.717) is 19.4 Å². The van der Waals surface area contributed by atoms with E-state index in [4.69, 9.17) is 0 Å². The Morgan fingerprint density at radius 3 is 2.12 bits per heavy atom. The topological polar surface area (TPSA) is 86.8 Å². The minimum absolute atomic E-state index is 0.123. The molecule has 0 radical (unpaired) electrons. The second-order valence-electron chi connectivity index (χ2n) is 11.3. The van der Waals surface area contributed by atoms with Crippen molar-refractivity contribution in [3.8, 4) is 0 Å². The summed E-state index contributed by atoms with van der Waals surface area (Å²) in [6.07, 6.45) is 6.16. The second-order valence-corrected chi connectivity index (χ2v) is 13.3. The van der Waals surface area contributed by atoms with Crippen LogP contribution < -0.4 is 5.32 Å². The van der Waals surface area contributed by atoms with E-state index in [-0.39, 0.29) is 35.7 Å². The summed E-state index contributed by atoms with van der Waals surface area (Å²) in [5, 5.41) is 3.26. The second kappa shape index (κ2) is 15.1. The van der Waals surface area contributed by atoms with Crippen molar-refractivity contribution in [3.63, 3.8) is 0 Å². The van der Waals surface area contributed by atoms with Gasteiger partial charge >= 0.3 is 0 Å². The average molecular weight is 590 g/mol. The summed E-state index contributed by atoms with van der Waals surface area (Å²) in [4.78, 5) is 29.7. The van der Waals surface area contributed by atoms with E-state index < -0.39 is 16.1 Å². The van der Waals surface area contributed by atoms with Crippen LogP contribution in [-0.4, -0.2) is 55.1 Å². The maximum Gasteiger partial charge on any atom is 0.243 e. The Kier molecular flexibility index (Phi) is 11.3. The van der Waals surface area contributed by atoms with Gasteiger partial charge in [-0.3, -0.25) is 9.59 Å². The fourth-order valence-electron chi connectivity index (χ4n) is 5.48. The van der Waals surface area contributed by atoms with Gasteiger partial charge in [0.15, 0.2) is 0 Å². The van der Waals surface area contributed by atoms with Crippen molar-refractivity contribution >= 4 is 21.8 Å². The van der Waals surface area contributed by atoms with Crippen LogP contribution in [0.25, 0.3) is 0 Å². The van der Waals surface area contributed by atoms with Gasteiger partial charge in [0, 0.05) is 39.0 Å². The number of aryl methyl sites for hydroxylation is 1. The van der Waals surface area contributed by atoms with E-state index in [0.717, 1.165) is 42.4 Å². The van der Waals surface area contributed by atoms with Crippen molar-refractivity contribution in [1.82, 2.24) is 14.5 Å². The third kappa shape index (κ3) is 8.76. The monoisotopic (exact) mass is 589 g/mol. The highest BCUT2D eigenvalue weighted by Crippen LogP contribution is 2.21. The first-order chi connectivity index (χ1) is 20.2. The number of hydrogen-bond donors (Lipinski definition) is 1. The number of amides is 2. The number of carbonyl (C=O) groups is 2. The van der Waals surface area contributed by atoms with Crippen LogP contribution >= 0.6 is 0 Å². The van der Waals surface area contributed by atoms with Gasteiger partial charge in [0.1, 0.15) is 6.04 Å². The molecule has 0 heterocycles. The van der Waals surface area contributed by atoms with Crippen molar-refractivity contribution in [1.29, 1.82) is 0 Å². The predicted octanol–water partition coefficient (Wildman–Crippen LogP) is 5.48. The third-order valence-corrected chi connectivity index (χ3v) is 9.88. The largest absolute Gasteiger partial charge is 0.352 e. The lowest BCUT2D eigenvalue weighted by Gasteiger charge is -2.33. The number of carbonyl (C=O) groups excluding carboxylic acids is 2. The van der Waals surface area contributed by atoms with E-state index in [2.05, 4.69) is 5.32 Å². The number of benzene rings is 3. The molecule has 1 saturated carbocycles. The smallest absolute Gasteiger partial charge is 0.243 e. The van der Waals surface area contributed by atoms with Crippen molar-refractivity contribution in [2.75, 3.05) is 13.6 Å². The molecule has 0 aromatic heterocycles. The fraction of sp³-hybridized carbons (Fsp3) is 0.412. The lowest BCUT2D eigenvalue weighted by Crippen LogP contribution is -2.52. The van der Waals surface area contributed by atoms with Crippen LogP contribution in [0.5, 0.6) is 0 Å². The maximum atomic E-state index is 13.9. The molecule has 8 heteroatoms. The molecule has 0 spiro atoms. The molecule has 1 aliphatic carbocycles. The van der Waals surface area contributed by atoms with E-state index >= 15 is 0 Å². The van der Waals surface area contributed by atoms with Crippen molar-refractivity contribution in [2.24, 2.45) is 0 Å². The van der Waals surface area contributed by atoms with Crippen molar-refractivity contribution < 1.29 is 18.0 Å². The van der Waals surface area contributed by atoms with Gasteiger partial charge in [-0.05, 0) is 49.4 Å². The molecule has 2 amide bonds. The Morgan fingerprint density at radius 2 is 1.48 bits per heavy atom. The molecule has 0 unspecified atom stereocenters. The van der Waals surface area contributed by atoms with Crippen LogP contribution in [0, 0.1) is 6.92 Å². The maximum absolute atomic E-state index is 13.9. The van der Waals surface area contributed by atoms with Crippen LogP contribution in [0.1, 0.15) is 61.6 Å². The summed E-state index contributed by atoms with van der Waals surface area (Å²) in [6.45, 7) is 2.51. The Labute approximate surface area is 251 Å². The van der Waals surface area contributed by atoms with Gasteiger partial charge in [0.25, 0.3) is 0 Å². The molecule has 42 heavy (non-hydrogen) atoms. The molecule has 0 saturated heterocycles. The molecular formula is C34H43N3O4S. The van der Waals surface area contributed by atoms with Crippen LogP contribution in [0.2, 0.25) is 0 Å². The molecule has 3 aromatic rings. The van der Waals surface area contributed by atoms with E-state index in [9.17, 15) is 18.0 Å². The van der Waals surface area contributed by atoms with E-state index in [1.807, 2.05) is 61.5 Å². The number of nitrogens with zero attached hydrogens (tertiary/aromatic N) is 2. The first-order valence-electron chi connectivity index (χ1n) is 14.9. The third-order valence-electron chi connectivity index (χ3n) is 8.01. The summed E-state index contributed by atoms with van der Waals surface area (Å²) in [7, 11) is -2.12. The Morgan fingerprint density at radius 1 is 0.857 bits per heavy atom. The molecule has 3 aromatic carbocycles. The summed E-state index contributed by atoms with van der Waals surface area (Å²) in [6, 6.07) is 25.5. The van der Waals surface area contributed by atoms with Crippen LogP contribution in [0.15, 0.2) is 89.8 Å². The zero-order valence-electron chi connectivity index (χ0n) is 24.7. The van der Waals surface area contributed by atoms with Crippen LogP contribution in [-0.2, 0) is 32.6 Å². The van der Waals surface area contributed by atoms with E-state index in [1.165, 1.54) is 17.8 Å². The van der Waals surface area contributed by atoms with E-state index in [1.54, 1.807) is 35.2 Å². The van der Waals surface area contributed by atoms with Crippen molar-refractivity contribution in [2.45, 2.75) is 81.8 Å². The number of hydrogen-bond acceptors (Lipinski definition) is 4. The average Bonchev–Trinajstić information content (AvgIpc) is 3.01. The number of sulfonamides is 1. The minimum Gasteiger partial charge on any atom is -0.352 e. The highest BCUT2D eigenvalue weighted by atomic mass is 32.2. The Bertz CT molecular complexity index is 1390. The van der Waals surface area contributed by atoms with Gasteiger partial charge in [-0.1, -0.05) is 97.6 Å². The van der Waals surface area contributed by atoms with Gasteiger partial charge in [-0.15, -0.1) is 0 Å². The number of nitrogens with one attached hydrogen (secondary N) is 1. The highest BCUT2D eigenvalue weighted by molar-refractivity contribution is 7.89. The molecule has 0 aliphatic heterocycles. The molecular weight excluding hydrogens is 546 g/mol. The molecule has 224 valence electrons. The number of rotatable bonds is 13. The van der Waals surface area contributed by atoms with Gasteiger partial charge in [-0.25, -0.2) is 12.7 Å². The Balaban J connectivity index is 1.54. The van der Waals surface area contributed by atoms with Gasteiger partial charge in [-0.2, -0.15) is 0 Å². The summed E-state index contributed by atoms with van der Waals surface area (Å²) < 4.78 is 27.2. The standard InChI is InChI=1S/C34H43N3O4S/c1-27-20-22-29(23-21-27)26-37(33(38)19-12-24-36(2)42(40,41)31-17-10-5-11-18-31)32(25-28-13-6-3-7-14-28)34(39)35-30-15-8-4-9-16-30/h3,5-7,10-11,13-14,17-18,20-23,30,32H,4,8-9,12,15-16,19,24-26H2,1-2H3,(H,35,39)/t32-/m0/s1. The molecule has 1 N–H and O–H groups in total. The fourth-order valence-corrected chi connectivity index (χ4v) is 6.71. The molecule has 1 fully saturated rings. The zero-order chi connectivity index (χ0) is 30.0. The normalized spacial score (nSPS) is 14.8. The van der Waals surface area contributed by atoms with Gasteiger partial charge in [0.05, 0.1) is 4.90 Å². The molecule has 4 rings (SSSR count). The van der Waals surface area contributed by atoms with Crippen molar-refractivity contribution in [3.05, 3.63) is 102 Å². The summed E-state index contributed by atoms with van der Waals surface area (Å²) in [5.74, 6) is -0.296. The quantitative estimate of drug-likeness (QED) is 0.286. The lowest BCUT2D eigenvalue weighted by molar-refractivity contribution is -0.141. The minimum atomic E-state index is -3.65. The van der Waals surface area contributed by atoms with Gasteiger partial charge in [0.2, 0.25) is 21.8 Å². The SMILES string of the molecule is Cc1ccc(CN(C(=O)CCCN(C)S(=O)(=O)c2ccccc2)[C@@H](Cc2ccccc2)C(=O)NC2CCCCC2)cc1. The molecule has 1 aliphatic rings. The molecule has 7 nitrogen and oxygen atoms in total. The summed E-state index contributed by atoms with van der Waals surface area (Å²) in [5.41, 5.74) is 3.05. The zero-order valence-corrected chi connectivity index (χ0v) is 25.6. The first-order valence-corrected chi connectivity index (χ1v) is 16.4. The summed E-state index contributed by atoms with van der Waals surface area (Å²) >= 11 is 0. The highest BCUT2D eigenvalue weighted by Gasteiger charge is 2.32. The van der Waals surface area contributed by atoms with Gasteiger partial charge < -0.3 is 10.2 Å². The van der Waals surface area contributed by atoms with Crippen LogP contribution in [0.3, 0.4) is 0 Å². The van der Waals surface area contributed by atoms with Crippen LogP contribution in [0.4, 0.5) is 0 Å². The molecule has 0 bridgehead atoms.